The first-order chi connectivity index (χ1) is 7.18. The third-order valence-electron chi connectivity index (χ3n) is 2.18. The van der Waals surface area contributed by atoms with Crippen LogP contribution in [0, 0.1) is 5.92 Å². The van der Waals surface area contributed by atoms with Gasteiger partial charge in [0.25, 0.3) is 0 Å². The summed E-state index contributed by atoms with van der Waals surface area (Å²) in [7, 11) is 1.69. The van der Waals surface area contributed by atoms with E-state index in [1.54, 1.807) is 7.11 Å². The molecule has 0 aliphatic heterocycles. The molecule has 0 bridgehead atoms. The molecule has 0 fully saturated rings. The second-order valence-corrected chi connectivity index (χ2v) is 3.94. The summed E-state index contributed by atoms with van der Waals surface area (Å²) in [5.41, 5.74) is 5.81. The zero-order chi connectivity index (χ0) is 11.5. The highest BCUT2D eigenvalue weighted by Crippen LogP contribution is 1.98. The first-order valence-electron chi connectivity index (χ1n) is 5.58. The Morgan fingerprint density at radius 1 is 1.00 bits per heavy atom. The molecule has 0 radical (unpaired) electrons. The average Bonchev–Trinajstić information content (AvgIpc) is 2.21. The fourth-order valence-electron chi connectivity index (χ4n) is 0.937. The molecule has 0 aliphatic carbocycles. The Hall–Kier alpha value is -0.160. The van der Waals surface area contributed by atoms with Crippen LogP contribution in [0.1, 0.15) is 20.3 Å². The Morgan fingerprint density at radius 3 is 2.27 bits per heavy atom. The molecule has 0 aromatic heterocycles. The van der Waals surface area contributed by atoms with Crippen LogP contribution in [0.2, 0.25) is 0 Å². The van der Waals surface area contributed by atoms with Crippen molar-refractivity contribution in [2.75, 3.05) is 40.1 Å². The van der Waals surface area contributed by atoms with E-state index in [9.17, 15) is 0 Å². The molecule has 0 spiro atoms. The van der Waals surface area contributed by atoms with Gasteiger partial charge in [0, 0.05) is 26.4 Å². The van der Waals surface area contributed by atoms with E-state index in [0.29, 0.717) is 25.7 Å². The highest BCUT2D eigenvalue weighted by Gasteiger charge is 2.06. The van der Waals surface area contributed by atoms with Crippen LogP contribution in [0.4, 0.5) is 0 Å². The molecule has 15 heavy (non-hydrogen) atoms. The molecule has 92 valence electrons. The van der Waals surface area contributed by atoms with Gasteiger partial charge in [0.2, 0.25) is 0 Å². The predicted octanol–water partition coefficient (Wildman–Crippen LogP) is 1.04. The molecule has 4 heteroatoms. The second-order valence-electron chi connectivity index (χ2n) is 3.94. The number of nitrogens with two attached hydrogens (primary N) is 1. The van der Waals surface area contributed by atoms with Crippen LogP contribution in [0.25, 0.3) is 0 Å². The third-order valence-corrected chi connectivity index (χ3v) is 2.18. The normalized spacial score (nSPS) is 13.4. The van der Waals surface area contributed by atoms with Gasteiger partial charge in [0.05, 0.1) is 19.8 Å². The molecule has 1 atom stereocenters. The van der Waals surface area contributed by atoms with Gasteiger partial charge >= 0.3 is 0 Å². The molecule has 0 amide bonds. The van der Waals surface area contributed by atoms with Gasteiger partial charge in [-0.3, -0.25) is 0 Å². The molecule has 0 aromatic rings. The summed E-state index contributed by atoms with van der Waals surface area (Å²) in [6.07, 6.45) is 0.933. The van der Waals surface area contributed by atoms with Crippen molar-refractivity contribution < 1.29 is 14.2 Å². The Bertz CT molecular complexity index is 131. The smallest absolute Gasteiger partial charge is 0.0701 e. The van der Waals surface area contributed by atoms with Gasteiger partial charge in [0.1, 0.15) is 0 Å². The molecular formula is C11H25NO3. The lowest BCUT2D eigenvalue weighted by molar-refractivity contribution is 0.0322. The fourth-order valence-corrected chi connectivity index (χ4v) is 0.937. The minimum absolute atomic E-state index is 0.124. The van der Waals surface area contributed by atoms with Gasteiger partial charge in [-0.1, -0.05) is 13.8 Å². The van der Waals surface area contributed by atoms with Gasteiger partial charge in [-0.25, -0.2) is 0 Å². The zero-order valence-electron chi connectivity index (χ0n) is 10.2. The van der Waals surface area contributed by atoms with Crippen LogP contribution in [0.5, 0.6) is 0 Å². The average molecular weight is 219 g/mol. The summed E-state index contributed by atoms with van der Waals surface area (Å²) in [6, 6.07) is 0.124. The molecule has 1 unspecified atom stereocenters. The molecule has 0 aliphatic rings. The standard InChI is InChI=1S/C11H25NO3/c1-10(2)11(12)9-15-8-7-14-6-4-5-13-3/h10-11H,4-9,12H2,1-3H3. The summed E-state index contributed by atoms with van der Waals surface area (Å²) in [4.78, 5) is 0. The van der Waals surface area contributed by atoms with E-state index in [-0.39, 0.29) is 6.04 Å². The zero-order valence-corrected chi connectivity index (χ0v) is 10.2. The first-order valence-corrected chi connectivity index (χ1v) is 5.58. The Balaban J connectivity index is 3.05. The Kier molecular flexibility index (Phi) is 10.3. The Labute approximate surface area is 93.1 Å². The summed E-state index contributed by atoms with van der Waals surface area (Å²) in [5.74, 6) is 0.465. The maximum atomic E-state index is 5.81. The monoisotopic (exact) mass is 219 g/mol. The van der Waals surface area contributed by atoms with Gasteiger partial charge < -0.3 is 19.9 Å². The minimum Gasteiger partial charge on any atom is -0.385 e. The number of hydrogen-bond acceptors (Lipinski definition) is 4. The lowest BCUT2D eigenvalue weighted by atomic mass is 10.1. The van der Waals surface area contributed by atoms with Crippen molar-refractivity contribution >= 4 is 0 Å². The molecular weight excluding hydrogens is 194 g/mol. The van der Waals surface area contributed by atoms with Crippen molar-refractivity contribution in [2.45, 2.75) is 26.3 Å². The largest absolute Gasteiger partial charge is 0.385 e. The number of rotatable bonds is 10. The lowest BCUT2D eigenvalue weighted by Crippen LogP contribution is -2.32. The highest BCUT2D eigenvalue weighted by atomic mass is 16.5. The molecule has 4 nitrogen and oxygen atoms in total. The lowest BCUT2D eigenvalue weighted by Gasteiger charge is -2.15. The van der Waals surface area contributed by atoms with Gasteiger partial charge in [0.15, 0.2) is 0 Å². The van der Waals surface area contributed by atoms with Crippen LogP contribution in [-0.2, 0) is 14.2 Å². The van der Waals surface area contributed by atoms with Crippen molar-refractivity contribution in [2.24, 2.45) is 11.7 Å². The molecule has 0 heterocycles. The maximum absolute atomic E-state index is 5.81. The summed E-state index contributed by atoms with van der Waals surface area (Å²) in [5, 5.41) is 0. The third kappa shape index (κ3) is 10.1. The summed E-state index contributed by atoms with van der Waals surface area (Å²) in [6.45, 7) is 7.53. The van der Waals surface area contributed by atoms with Gasteiger partial charge in [-0.05, 0) is 12.3 Å². The fraction of sp³-hybridized carbons (Fsp3) is 1.00. The SMILES string of the molecule is COCCCOCCOCC(N)C(C)C. The van der Waals surface area contributed by atoms with Crippen LogP contribution in [0.15, 0.2) is 0 Å². The molecule has 2 N–H and O–H groups in total. The quantitative estimate of drug-likeness (QED) is 0.558. The van der Waals surface area contributed by atoms with E-state index < -0.39 is 0 Å². The van der Waals surface area contributed by atoms with Gasteiger partial charge in [-0.15, -0.1) is 0 Å². The van der Waals surface area contributed by atoms with E-state index in [4.69, 9.17) is 19.9 Å². The van der Waals surface area contributed by atoms with E-state index >= 15 is 0 Å². The molecule has 0 rings (SSSR count). The predicted molar refractivity (Wildman–Crippen MR) is 60.9 cm³/mol. The number of hydrogen-bond donors (Lipinski definition) is 1. The minimum atomic E-state index is 0.124. The van der Waals surface area contributed by atoms with Crippen molar-refractivity contribution in [1.82, 2.24) is 0 Å². The molecule has 0 saturated carbocycles. The number of methoxy groups -OCH3 is 1. The van der Waals surface area contributed by atoms with Crippen LogP contribution >= 0.6 is 0 Å². The van der Waals surface area contributed by atoms with E-state index in [0.717, 1.165) is 19.6 Å². The van der Waals surface area contributed by atoms with E-state index in [2.05, 4.69) is 13.8 Å². The summed E-state index contributed by atoms with van der Waals surface area (Å²) < 4.78 is 15.6. The maximum Gasteiger partial charge on any atom is 0.0701 e. The van der Waals surface area contributed by atoms with Crippen molar-refractivity contribution in [3.63, 3.8) is 0 Å². The van der Waals surface area contributed by atoms with E-state index in [1.807, 2.05) is 0 Å². The van der Waals surface area contributed by atoms with Crippen molar-refractivity contribution in [3.05, 3.63) is 0 Å². The van der Waals surface area contributed by atoms with Crippen LogP contribution < -0.4 is 5.73 Å². The first kappa shape index (κ1) is 14.8. The van der Waals surface area contributed by atoms with Crippen LogP contribution in [0.3, 0.4) is 0 Å². The highest BCUT2D eigenvalue weighted by molar-refractivity contribution is 4.63. The summed E-state index contributed by atoms with van der Waals surface area (Å²) >= 11 is 0. The Morgan fingerprint density at radius 2 is 1.67 bits per heavy atom. The topological polar surface area (TPSA) is 53.7 Å². The van der Waals surface area contributed by atoms with Crippen molar-refractivity contribution in [3.8, 4) is 0 Å². The molecule has 0 aromatic carbocycles. The van der Waals surface area contributed by atoms with Crippen LogP contribution in [-0.4, -0.2) is 46.2 Å². The second kappa shape index (κ2) is 10.4. The molecule has 0 saturated heterocycles. The number of ether oxygens (including phenoxy) is 3. The van der Waals surface area contributed by atoms with E-state index in [1.165, 1.54) is 0 Å². The van der Waals surface area contributed by atoms with Gasteiger partial charge in [-0.2, -0.15) is 0 Å². The van der Waals surface area contributed by atoms with Crippen molar-refractivity contribution in [1.29, 1.82) is 0 Å².